The summed E-state index contributed by atoms with van der Waals surface area (Å²) in [5.41, 5.74) is 0.961. The standard InChI is InChI=1S/C12H20N4O2.ClH/c1-10-7-11(14-18-10)9-15-3-5-16(6-4-15)12(17)8-13-2;/h7,13H,3-6,8-9H2,1-2H3;1H. The third kappa shape index (κ3) is 4.49. The highest BCUT2D eigenvalue weighted by Gasteiger charge is 2.21. The largest absolute Gasteiger partial charge is 0.361 e. The van der Waals surface area contributed by atoms with Crippen LogP contribution in [0.25, 0.3) is 0 Å². The maximum absolute atomic E-state index is 11.7. The lowest BCUT2D eigenvalue weighted by Gasteiger charge is -2.34. The van der Waals surface area contributed by atoms with Crippen molar-refractivity contribution in [3.05, 3.63) is 17.5 Å². The van der Waals surface area contributed by atoms with E-state index in [1.165, 1.54) is 0 Å². The first-order valence-corrected chi connectivity index (χ1v) is 6.26. The van der Waals surface area contributed by atoms with Gasteiger partial charge in [-0.25, -0.2) is 0 Å². The first kappa shape index (κ1) is 15.9. The molecule has 1 aliphatic rings. The molecular formula is C12H21ClN4O2. The lowest BCUT2D eigenvalue weighted by atomic mass is 10.2. The second kappa shape index (κ2) is 7.47. The topological polar surface area (TPSA) is 61.6 Å². The zero-order valence-electron chi connectivity index (χ0n) is 11.4. The molecule has 7 heteroatoms. The minimum Gasteiger partial charge on any atom is -0.361 e. The van der Waals surface area contributed by atoms with Crippen molar-refractivity contribution in [2.75, 3.05) is 39.8 Å². The van der Waals surface area contributed by atoms with Crippen molar-refractivity contribution in [1.82, 2.24) is 20.3 Å². The molecule has 108 valence electrons. The fourth-order valence-corrected chi connectivity index (χ4v) is 2.14. The molecule has 2 heterocycles. The highest BCUT2D eigenvalue weighted by atomic mass is 35.5. The van der Waals surface area contributed by atoms with Gasteiger partial charge in [0.2, 0.25) is 5.91 Å². The smallest absolute Gasteiger partial charge is 0.236 e. The highest BCUT2D eigenvalue weighted by molar-refractivity contribution is 5.85. The van der Waals surface area contributed by atoms with E-state index in [1.807, 2.05) is 17.9 Å². The average molecular weight is 289 g/mol. The van der Waals surface area contributed by atoms with Crippen molar-refractivity contribution in [1.29, 1.82) is 0 Å². The molecule has 0 unspecified atom stereocenters. The lowest BCUT2D eigenvalue weighted by molar-refractivity contribution is -0.131. The summed E-state index contributed by atoms with van der Waals surface area (Å²) in [5, 5.41) is 6.88. The third-order valence-corrected chi connectivity index (χ3v) is 3.12. The SMILES string of the molecule is CNCC(=O)N1CCN(Cc2cc(C)on2)CC1.Cl. The molecule has 1 aromatic heterocycles. The van der Waals surface area contributed by atoms with E-state index >= 15 is 0 Å². The van der Waals surface area contributed by atoms with E-state index in [-0.39, 0.29) is 18.3 Å². The van der Waals surface area contributed by atoms with Crippen LogP contribution in [0.4, 0.5) is 0 Å². The molecule has 1 saturated heterocycles. The Morgan fingerprint density at radius 3 is 2.63 bits per heavy atom. The first-order chi connectivity index (χ1) is 8.69. The summed E-state index contributed by atoms with van der Waals surface area (Å²) in [6.45, 7) is 6.47. The summed E-state index contributed by atoms with van der Waals surface area (Å²) < 4.78 is 5.05. The number of hydrogen-bond acceptors (Lipinski definition) is 5. The molecular weight excluding hydrogens is 268 g/mol. The van der Waals surface area contributed by atoms with Crippen LogP contribution in [-0.4, -0.2) is 60.6 Å². The number of nitrogens with zero attached hydrogens (tertiary/aromatic N) is 3. The summed E-state index contributed by atoms with van der Waals surface area (Å²) >= 11 is 0. The number of amides is 1. The molecule has 1 N–H and O–H groups in total. The van der Waals surface area contributed by atoms with Crippen LogP contribution >= 0.6 is 12.4 Å². The van der Waals surface area contributed by atoms with Crippen molar-refractivity contribution >= 4 is 18.3 Å². The molecule has 0 bridgehead atoms. The Morgan fingerprint density at radius 2 is 2.11 bits per heavy atom. The summed E-state index contributed by atoms with van der Waals surface area (Å²) in [7, 11) is 1.79. The van der Waals surface area contributed by atoms with Crippen LogP contribution in [0.3, 0.4) is 0 Å². The van der Waals surface area contributed by atoms with Gasteiger partial charge in [0.1, 0.15) is 5.76 Å². The number of carbonyl (C=O) groups excluding carboxylic acids is 1. The predicted octanol–water partition coefficient (Wildman–Crippen LogP) is 0.268. The molecule has 1 aromatic rings. The molecule has 0 spiro atoms. The van der Waals surface area contributed by atoms with Crippen LogP contribution in [0, 0.1) is 6.92 Å². The van der Waals surface area contributed by atoms with E-state index in [0.29, 0.717) is 6.54 Å². The zero-order chi connectivity index (χ0) is 13.0. The molecule has 2 rings (SSSR count). The van der Waals surface area contributed by atoms with Gasteiger partial charge in [0, 0.05) is 38.8 Å². The Balaban J connectivity index is 0.00000180. The van der Waals surface area contributed by atoms with Gasteiger partial charge in [0.05, 0.1) is 12.2 Å². The number of nitrogens with one attached hydrogen (secondary N) is 1. The van der Waals surface area contributed by atoms with Crippen LogP contribution in [0.5, 0.6) is 0 Å². The molecule has 1 fully saturated rings. The van der Waals surface area contributed by atoms with Crippen molar-refractivity contribution in [2.24, 2.45) is 0 Å². The van der Waals surface area contributed by atoms with Crippen LogP contribution in [0.1, 0.15) is 11.5 Å². The van der Waals surface area contributed by atoms with Crippen molar-refractivity contribution in [2.45, 2.75) is 13.5 Å². The number of aryl methyl sites for hydroxylation is 1. The van der Waals surface area contributed by atoms with Crippen molar-refractivity contribution in [3.63, 3.8) is 0 Å². The van der Waals surface area contributed by atoms with E-state index < -0.39 is 0 Å². The number of hydrogen-bond donors (Lipinski definition) is 1. The van der Waals surface area contributed by atoms with Crippen LogP contribution in [0.2, 0.25) is 0 Å². The molecule has 1 aliphatic heterocycles. The molecule has 1 amide bonds. The zero-order valence-corrected chi connectivity index (χ0v) is 12.2. The Bertz CT molecular complexity index is 402. The van der Waals surface area contributed by atoms with Gasteiger partial charge in [-0.15, -0.1) is 12.4 Å². The Kier molecular flexibility index (Phi) is 6.27. The minimum atomic E-state index is 0. The predicted molar refractivity (Wildman–Crippen MR) is 74.3 cm³/mol. The summed E-state index contributed by atoms with van der Waals surface area (Å²) in [5.74, 6) is 1.02. The van der Waals surface area contributed by atoms with Crippen LogP contribution < -0.4 is 5.32 Å². The van der Waals surface area contributed by atoms with E-state index in [0.717, 1.165) is 44.2 Å². The third-order valence-electron chi connectivity index (χ3n) is 3.12. The number of aromatic nitrogens is 1. The second-order valence-electron chi connectivity index (χ2n) is 4.62. The number of likely N-dealkylation sites (N-methyl/N-ethyl adjacent to an activating group) is 1. The van der Waals surface area contributed by atoms with Crippen LogP contribution in [0.15, 0.2) is 10.6 Å². The van der Waals surface area contributed by atoms with E-state index in [4.69, 9.17) is 4.52 Å². The minimum absolute atomic E-state index is 0. The van der Waals surface area contributed by atoms with Crippen molar-refractivity contribution in [3.8, 4) is 0 Å². The Morgan fingerprint density at radius 1 is 1.42 bits per heavy atom. The Labute approximate surface area is 119 Å². The first-order valence-electron chi connectivity index (χ1n) is 6.26. The Hall–Kier alpha value is -1.11. The summed E-state index contributed by atoms with van der Waals surface area (Å²) in [6, 6.07) is 1.96. The monoisotopic (exact) mass is 288 g/mol. The quantitative estimate of drug-likeness (QED) is 0.862. The number of piperazine rings is 1. The molecule has 19 heavy (non-hydrogen) atoms. The van der Waals surface area contributed by atoms with Gasteiger partial charge in [-0.05, 0) is 14.0 Å². The van der Waals surface area contributed by atoms with Gasteiger partial charge < -0.3 is 14.7 Å². The maximum atomic E-state index is 11.7. The highest BCUT2D eigenvalue weighted by Crippen LogP contribution is 2.08. The lowest BCUT2D eigenvalue weighted by Crippen LogP contribution is -2.50. The number of carbonyl (C=O) groups is 1. The van der Waals surface area contributed by atoms with Gasteiger partial charge in [0.15, 0.2) is 0 Å². The fraction of sp³-hybridized carbons (Fsp3) is 0.667. The van der Waals surface area contributed by atoms with Gasteiger partial charge in [-0.2, -0.15) is 0 Å². The summed E-state index contributed by atoms with van der Waals surface area (Å²) in [4.78, 5) is 15.9. The average Bonchev–Trinajstić information content (AvgIpc) is 2.76. The number of rotatable bonds is 4. The van der Waals surface area contributed by atoms with Gasteiger partial charge in [-0.3, -0.25) is 9.69 Å². The fourth-order valence-electron chi connectivity index (χ4n) is 2.14. The van der Waals surface area contributed by atoms with Crippen molar-refractivity contribution < 1.29 is 9.32 Å². The van der Waals surface area contributed by atoms with Gasteiger partial charge in [-0.1, -0.05) is 5.16 Å². The van der Waals surface area contributed by atoms with Gasteiger partial charge >= 0.3 is 0 Å². The normalized spacial score (nSPS) is 16.2. The molecule has 0 saturated carbocycles. The van der Waals surface area contributed by atoms with E-state index in [1.54, 1.807) is 7.05 Å². The maximum Gasteiger partial charge on any atom is 0.236 e. The molecule has 0 atom stereocenters. The second-order valence-corrected chi connectivity index (χ2v) is 4.62. The molecule has 0 radical (unpaired) electrons. The number of halogens is 1. The van der Waals surface area contributed by atoms with Crippen LogP contribution in [-0.2, 0) is 11.3 Å². The van der Waals surface area contributed by atoms with E-state index in [9.17, 15) is 4.79 Å². The molecule has 0 aliphatic carbocycles. The molecule has 6 nitrogen and oxygen atoms in total. The van der Waals surface area contributed by atoms with E-state index in [2.05, 4.69) is 15.4 Å². The summed E-state index contributed by atoms with van der Waals surface area (Å²) in [6.07, 6.45) is 0. The molecule has 0 aromatic carbocycles. The van der Waals surface area contributed by atoms with Gasteiger partial charge in [0.25, 0.3) is 0 Å².